The molecule has 1 heterocycles. The largest absolute Gasteiger partial charge is 0.309 e. The quantitative estimate of drug-likeness (QED) is 0.570. The van der Waals surface area contributed by atoms with E-state index in [1.165, 1.54) is 4.88 Å². The molecule has 0 aliphatic heterocycles. The zero-order valence-electron chi connectivity index (χ0n) is 10.7. The van der Waals surface area contributed by atoms with Crippen molar-refractivity contribution < 1.29 is 4.79 Å². The highest BCUT2D eigenvalue weighted by Gasteiger charge is 2.12. The minimum atomic E-state index is 0.862. The van der Waals surface area contributed by atoms with E-state index in [1.807, 2.05) is 33.2 Å². The standard InChI is InChI=1S/C14H19NOS/c1-5-6-7-13-11(2)12(10-16)14(17-13)8-9-15(3)4/h5-7,10H,1,8-9H2,2-4H3/b7-6-. The fraction of sp³-hybridized carbons (Fsp3) is 0.357. The highest BCUT2D eigenvalue weighted by molar-refractivity contribution is 7.13. The van der Waals surface area contributed by atoms with Crippen LogP contribution >= 0.6 is 11.3 Å². The third-order valence-electron chi connectivity index (χ3n) is 2.59. The van der Waals surface area contributed by atoms with Gasteiger partial charge in [-0.1, -0.05) is 18.7 Å². The summed E-state index contributed by atoms with van der Waals surface area (Å²) in [5.74, 6) is 0. The van der Waals surface area contributed by atoms with Crippen LogP contribution in [-0.4, -0.2) is 31.8 Å². The van der Waals surface area contributed by atoms with E-state index < -0.39 is 0 Å². The molecule has 0 saturated carbocycles. The average molecular weight is 249 g/mol. The molecule has 1 aromatic rings. The Hall–Kier alpha value is -1.19. The maximum atomic E-state index is 11.1. The Morgan fingerprint density at radius 2 is 2.12 bits per heavy atom. The summed E-state index contributed by atoms with van der Waals surface area (Å²) in [5, 5.41) is 0. The minimum Gasteiger partial charge on any atom is -0.309 e. The van der Waals surface area contributed by atoms with Crippen LogP contribution in [0.4, 0.5) is 0 Å². The fourth-order valence-electron chi connectivity index (χ4n) is 1.59. The molecule has 3 heteroatoms. The lowest BCUT2D eigenvalue weighted by molar-refractivity contribution is 0.112. The summed E-state index contributed by atoms with van der Waals surface area (Å²) < 4.78 is 0. The molecule has 0 saturated heterocycles. The molecule has 0 radical (unpaired) electrons. The molecule has 1 aromatic heterocycles. The topological polar surface area (TPSA) is 20.3 Å². The van der Waals surface area contributed by atoms with E-state index >= 15 is 0 Å². The number of hydrogen-bond donors (Lipinski definition) is 0. The van der Waals surface area contributed by atoms with Crippen molar-refractivity contribution in [3.63, 3.8) is 0 Å². The lowest BCUT2D eigenvalue weighted by Crippen LogP contribution is -2.15. The molecule has 0 amide bonds. The molecular weight excluding hydrogens is 230 g/mol. The number of thiophene rings is 1. The van der Waals surface area contributed by atoms with Crippen LogP contribution in [0.5, 0.6) is 0 Å². The van der Waals surface area contributed by atoms with E-state index in [2.05, 4.69) is 11.5 Å². The second-order valence-corrected chi connectivity index (χ2v) is 5.33. The van der Waals surface area contributed by atoms with E-state index in [1.54, 1.807) is 17.4 Å². The van der Waals surface area contributed by atoms with Crippen LogP contribution in [0.15, 0.2) is 18.7 Å². The van der Waals surface area contributed by atoms with Crippen LogP contribution < -0.4 is 0 Å². The molecule has 1 rings (SSSR count). The second kappa shape index (κ2) is 6.52. The van der Waals surface area contributed by atoms with Crippen LogP contribution in [0.3, 0.4) is 0 Å². The molecular formula is C14H19NOS. The zero-order valence-corrected chi connectivity index (χ0v) is 11.5. The fourth-order valence-corrected chi connectivity index (χ4v) is 2.77. The van der Waals surface area contributed by atoms with Crippen molar-refractivity contribution >= 4 is 23.7 Å². The lowest BCUT2D eigenvalue weighted by Gasteiger charge is -2.07. The maximum absolute atomic E-state index is 11.1. The van der Waals surface area contributed by atoms with Gasteiger partial charge in [0.15, 0.2) is 6.29 Å². The van der Waals surface area contributed by atoms with Gasteiger partial charge >= 0.3 is 0 Å². The number of likely N-dealkylation sites (N-methyl/N-ethyl adjacent to an activating group) is 1. The number of allylic oxidation sites excluding steroid dienone is 2. The molecule has 0 aliphatic rings. The average Bonchev–Trinajstić information content (AvgIpc) is 2.60. The van der Waals surface area contributed by atoms with E-state index in [9.17, 15) is 4.79 Å². The Morgan fingerprint density at radius 3 is 2.65 bits per heavy atom. The van der Waals surface area contributed by atoms with Crippen LogP contribution in [0.1, 0.15) is 25.7 Å². The van der Waals surface area contributed by atoms with Gasteiger partial charge in [-0.25, -0.2) is 0 Å². The van der Waals surface area contributed by atoms with Crippen LogP contribution in [0.2, 0.25) is 0 Å². The SMILES string of the molecule is C=C/C=C\c1sc(CCN(C)C)c(C=O)c1C. The normalized spacial score (nSPS) is 11.3. The number of nitrogens with zero attached hydrogens (tertiary/aromatic N) is 1. The van der Waals surface area contributed by atoms with Crippen molar-refractivity contribution in [3.8, 4) is 0 Å². The molecule has 0 spiro atoms. The van der Waals surface area contributed by atoms with Gasteiger partial charge in [-0.3, -0.25) is 4.79 Å². The molecule has 0 bridgehead atoms. The first-order valence-electron chi connectivity index (χ1n) is 5.61. The monoisotopic (exact) mass is 249 g/mol. The third-order valence-corrected chi connectivity index (χ3v) is 3.93. The van der Waals surface area contributed by atoms with Gasteiger partial charge in [0.1, 0.15) is 0 Å². The number of rotatable bonds is 6. The van der Waals surface area contributed by atoms with Crippen molar-refractivity contribution in [3.05, 3.63) is 39.6 Å². The van der Waals surface area contributed by atoms with E-state index in [-0.39, 0.29) is 0 Å². The summed E-state index contributed by atoms with van der Waals surface area (Å²) in [6.07, 6.45) is 7.57. The van der Waals surface area contributed by atoms with Crippen LogP contribution in [0, 0.1) is 6.92 Å². The molecule has 0 atom stereocenters. The summed E-state index contributed by atoms with van der Waals surface area (Å²) >= 11 is 1.70. The molecule has 0 aliphatic carbocycles. The predicted molar refractivity (Wildman–Crippen MR) is 75.9 cm³/mol. The summed E-state index contributed by atoms with van der Waals surface area (Å²) in [4.78, 5) is 15.6. The summed E-state index contributed by atoms with van der Waals surface area (Å²) in [7, 11) is 4.08. The smallest absolute Gasteiger partial charge is 0.151 e. The summed E-state index contributed by atoms with van der Waals surface area (Å²) in [6, 6.07) is 0. The van der Waals surface area contributed by atoms with Gasteiger partial charge in [0.25, 0.3) is 0 Å². The first-order valence-corrected chi connectivity index (χ1v) is 6.43. The molecule has 0 unspecified atom stereocenters. The van der Waals surface area contributed by atoms with Gasteiger partial charge in [-0.05, 0) is 39.1 Å². The van der Waals surface area contributed by atoms with Crippen LogP contribution in [0.25, 0.3) is 6.08 Å². The highest BCUT2D eigenvalue weighted by atomic mass is 32.1. The molecule has 0 fully saturated rings. The zero-order chi connectivity index (χ0) is 12.8. The molecule has 92 valence electrons. The third kappa shape index (κ3) is 3.65. The Labute approximate surface area is 107 Å². The van der Waals surface area contributed by atoms with E-state index in [4.69, 9.17) is 0 Å². The van der Waals surface area contributed by atoms with Gasteiger partial charge in [-0.15, -0.1) is 11.3 Å². The van der Waals surface area contributed by atoms with Gasteiger partial charge in [0.2, 0.25) is 0 Å². The van der Waals surface area contributed by atoms with Gasteiger partial charge in [0.05, 0.1) is 0 Å². The number of carbonyl (C=O) groups is 1. The van der Waals surface area contributed by atoms with Gasteiger partial charge < -0.3 is 4.90 Å². The van der Waals surface area contributed by atoms with E-state index in [0.717, 1.165) is 35.3 Å². The van der Waals surface area contributed by atoms with Crippen molar-refractivity contribution in [2.75, 3.05) is 20.6 Å². The van der Waals surface area contributed by atoms with Crippen molar-refractivity contribution in [2.45, 2.75) is 13.3 Å². The number of hydrogen-bond acceptors (Lipinski definition) is 3. The predicted octanol–water partition coefficient (Wildman–Crippen LogP) is 3.17. The Bertz CT molecular complexity index is 430. The lowest BCUT2D eigenvalue weighted by atomic mass is 10.1. The van der Waals surface area contributed by atoms with Crippen molar-refractivity contribution in [1.82, 2.24) is 4.90 Å². The van der Waals surface area contributed by atoms with Gasteiger partial charge in [0, 0.05) is 21.9 Å². The highest BCUT2D eigenvalue weighted by Crippen LogP contribution is 2.28. The number of carbonyl (C=O) groups excluding carboxylic acids is 1. The van der Waals surface area contributed by atoms with Gasteiger partial charge in [-0.2, -0.15) is 0 Å². The summed E-state index contributed by atoms with van der Waals surface area (Å²) in [5.41, 5.74) is 1.94. The van der Waals surface area contributed by atoms with Crippen LogP contribution in [-0.2, 0) is 6.42 Å². The first kappa shape index (κ1) is 13.9. The second-order valence-electron chi connectivity index (χ2n) is 4.19. The Morgan fingerprint density at radius 1 is 1.41 bits per heavy atom. The molecule has 2 nitrogen and oxygen atoms in total. The molecule has 0 N–H and O–H groups in total. The molecule has 17 heavy (non-hydrogen) atoms. The number of aldehydes is 1. The Balaban J connectivity index is 3.00. The van der Waals surface area contributed by atoms with E-state index in [0.29, 0.717) is 0 Å². The molecule has 0 aromatic carbocycles. The first-order chi connectivity index (χ1) is 8.10. The van der Waals surface area contributed by atoms with Crippen molar-refractivity contribution in [2.24, 2.45) is 0 Å². The van der Waals surface area contributed by atoms with Crippen molar-refractivity contribution in [1.29, 1.82) is 0 Å². The Kier molecular flexibility index (Phi) is 5.32. The maximum Gasteiger partial charge on any atom is 0.151 e. The summed E-state index contributed by atoms with van der Waals surface area (Å²) in [6.45, 7) is 6.62. The minimum absolute atomic E-state index is 0.862.